The highest BCUT2D eigenvalue weighted by atomic mass is 32.1. The maximum Gasteiger partial charge on any atom is 0.433 e. The van der Waals surface area contributed by atoms with Crippen molar-refractivity contribution in [2.45, 2.75) is 13.1 Å². The number of thiazole rings is 1. The first kappa shape index (κ1) is 25.7. The lowest BCUT2D eigenvalue weighted by molar-refractivity contribution is -0.384. The quantitative estimate of drug-likeness (QED) is 0.153. The molecule has 0 bridgehead atoms. The fourth-order valence-corrected chi connectivity index (χ4v) is 4.55. The van der Waals surface area contributed by atoms with Crippen LogP contribution in [0.3, 0.4) is 0 Å². The number of rotatable bonds is 6. The van der Waals surface area contributed by atoms with E-state index in [1.54, 1.807) is 31.2 Å². The highest BCUT2D eigenvalue weighted by molar-refractivity contribution is 7.12. The summed E-state index contributed by atoms with van der Waals surface area (Å²) in [5.74, 6) is -0.766. The van der Waals surface area contributed by atoms with E-state index in [-0.39, 0.29) is 27.9 Å². The van der Waals surface area contributed by atoms with Crippen molar-refractivity contribution in [3.05, 3.63) is 105 Å². The van der Waals surface area contributed by atoms with E-state index in [0.29, 0.717) is 15.8 Å². The molecule has 13 heteroatoms. The van der Waals surface area contributed by atoms with Gasteiger partial charge in [-0.1, -0.05) is 48.5 Å². The van der Waals surface area contributed by atoms with E-state index >= 15 is 0 Å². The van der Waals surface area contributed by atoms with Gasteiger partial charge >= 0.3 is 6.18 Å². The van der Waals surface area contributed by atoms with E-state index in [9.17, 15) is 28.1 Å². The second-order valence-electron chi connectivity index (χ2n) is 8.35. The van der Waals surface area contributed by atoms with Crippen molar-refractivity contribution in [3.63, 3.8) is 0 Å². The number of benzene rings is 3. The number of carbonyl (C=O) groups is 1. The number of hydrazone groups is 1. The fraction of sp³-hybridized carbons (Fsp3) is 0.0769. The molecule has 0 unspecified atom stereocenters. The number of nitrogens with zero attached hydrogens (tertiary/aromatic N) is 5. The van der Waals surface area contributed by atoms with Gasteiger partial charge in [0, 0.05) is 28.6 Å². The van der Waals surface area contributed by atoms with Crippen LogP contribution in [0.2, 0.25) is 0 Å². The van der Waals surface area contributed by atoms with E-state index in [4.69, 9.17) is 0 Å². The Morgan fingerprint density at radius 1 is 1.05 bits per heavy atom. The summed E-state index contributed by atoms with van der Waals surface area (Å²) in [5.41, 5.74) is 2.24. The number of halogens is 3. The van der Waals surface area contributed by atoms with Gasteiger partial charge in [0.1, 0.15) is 5.69 Å². The molecule has 0 saturated carbocycles. The Morgan fingerprint density at radius 3 is 2.56 bits per heavy atom. The molecule has 0 aliphatic rings. The average molecular weight is 551 g/mol. The van der Waals surface area contributed by atoms with E-state index in [2.05, 4.69) is 20.6 Å². The van der Waals surface area contributed by atoms with Crippen LogP contribution in [0.4, 0.5) is 18.9 Å². The van der Waals surface area contributed by atoms with Crippen molar-refractivity contribution in [1.82, 2.24) is 20.2 Å². The molecule has 0 atom stereocenters. The van der Waals surface area contributed by atoms with E-state index in [0.717, 1.165) is 28.2 Å². The molecule has 39 heavy (non-hydrogen) atoms. The number of non-ortho nitro benzene ring substituents is 1. The number of carbonyl (C=O) groups excluding carboxylic acids is 1. The summed E-state index contributed by atoms with van der Waals surface area (Å²) in [6.07, 6.45) is -4.73. The SMILES string of the molecule is CC(=NNC(=O)c1csc(-n2nc(-c3ccc4ccccc4c3)cc2C(F)(F)F)n1)c1cccc([N+](=O)[O-])c1. The Labute approximate surface area is 222 Å². The lowest BCUT2D eigenvalue weighted by atomic mass is 10.1. The molecule has 5 aromatic rings. The second kappa shape index (κ2) is 10.1. The zero-order chi connectivity index (χ0) is 27.7. The zero-order valence-electron chi connectivity index (χ0n) is 20.0. The number of hydrogen-bond acceptors (Lipinski definition) is 7. The smallest absolute Gasteiger partial charge is 0.266 e. The molecular weight excluding hydrogens is 533 g/mol. The molecule has 1 amide bonds. The predicted octanol–water partition coefficient (Wildman–Crippen LogP) is 6.23. The van der Waals surface area contributed by atoms with Gasteiger partial charge in [0.25, 0.3) is 11.6 Å². The third kappa shape index (κ3) is 5.38. The number of nitro groups is 1. The summed E-state index contributed by atoms with van der Waals surface area (Å²) in [5, 5.41) is 22.0. The van der Waals surface area contributed by atoms with Crippen LogP contribution in [0.5, 0.6) is 0 Å². The molecule has 2 heterocycles. The summed E-state index contributed by atoms with van der Waals surface area (Å²) >= 11 is 0.813. The normalized spacial score (nSPS) is 12.1. The van der Waals surface area contributed by atoms with Crippen LogP contribution in [0, 0.1) is 10.1 Å². The molecule has 0 saturated heterocycles. The minimum Gasteiger partial charge on any atom is -0.266 e. The van der Waals surface area contributed by atoms with Gasteiger partial charge in [-0.2, -0.15) is 23.4 Å². The highest BCUT2D eigenvalue weighted by Crippen LogP contribution is 2.35. The van der Waals surface area contributed by atoms with Crippen LogP contribution in [0.1, 0.15) is 28.7 Å². The predicted molar refractivity (Wildman–Crippen MR) is 140 cm³/mol. The second-order valence-corrected chi connectivity index (χ2v) is 9.18. The van der Waals surface area contributed by atoms with Gasteiger partial charge in [0.15, 0.2) is 5.69 Å². The third-order valence-electron chi connectivity index (χ3n) is 5.75. The number of alkyl halides is 3. The summed E-state index contributed by atoms with van der Waals surface area (Å²) in [6, 6.07) is 19.3. The van der Waals surface area contributed by atoms with Crippen molar-refractivity contribution in [2.24, 2.45) is 5.10 Å². The molecule has 1 N–H and O–H groups in total. The molecule has 3 aromatic carbocycles. The Kier molecular flexibility index (Phi) is 6.66. The van der Waals surface area contributed by atoms with Crippen LogP contribution in [0.15, 0.2) is 83.3 Å². The lowest BCUT2D eigenvalue weighted by Gasteiger charge is -2.07. The summed E-state index contributed by atoms with van der Waals surface area (Å²) in [4.78, 5) is 27.1. The van der Waals surface area contributed by atoms with Crippen molar-refractivity contribution in [1.29, 1.82) is 0 Å². The molecule has 5 rings (SSSR count). The Bertz CT molecular complexity index is 1760. The summed E-state index contributed by atoms with van der Waals surface area (Å²) in [7, 11) is 0. The Hall–Kier alpha value is -4.91. The number of aromatic nitrogens is 3. The number of hydrogen-bond donors (Lipinski definition) is 1. The monoisotopic (exact) mass is 550 g/mol. The molecule has 0 radical (unpaired) electrons. The molecular formula is C26H17F3N6O3S. The Morgan fingerprint density at radius 2 is 1.82 bits per heavy atom. The summed E-state index contributed by atoms with van der Waals surface area (Å²) in [6.45, 7) is 1.54. The van der Waals surface area contributed by atoms with Crippen molar-refractivity contribution in [2.75, 3.05) is 0 Å². The van der Waals surface area contributed by atoms with Crippen molar-refractivity contribution in [3.8, 4) is 16.4 Å². The standard InChI is InChI=1S/C26H17F3N6O3S/c1-15(17-7-4-8-20(12-17)35(37)38)31-32-24(36)22-14-39-25(30-22)34-23(26(27,28)29)13-21(33-34)19-10-9-16-5-2-3-6-18(16)11-19/h2-14H,1H3,(H,32,36). The molecule has 0 fully saturated rings. The van der Waals surface area contributed by atoms with Gasteiger partial charge in [-0.3, -0.25) is 14.9 Å². The molecule has 0 spiro atoms. The fourth-order valence-electron chi connectivity index (χ4n) is 3.79. The van der Waals surface area contributed by atoms with Gasteiger partial charge in [0.2, 0.25) is 5.13 Å². The van der Waals surface area contributed by atoms with Gasteiger partial charge in [0.05, 0.1) is 16.3 Å². The van der Waals surface area contributed by atoms with Gasteiger partial charge in [-0.05, 0) is 29.8 Å². The van der Waals surface area contributed by atoms with Crippen LogP contribution in [-0.2, 0) is 6.18 Å². The first-order chi connectivity index (χ1) is 18.6. The Balaban J connectivity index is 1.41. The highest BCUT2D eigenvalue weighted by Gasteiger charge is 2.37. The minimum atomic E-state index is -4.73. The van der Waals surface area contributed by atoms with E-state index in [1.165, 1.54) is 23.6 Å². The van der Waals surface area contributed by atoms with Gasteiger partial charge < -0.3 is 0 Å². The van der Waals surface area contributed by atoms with Crippen molar-refractivity contribution >= 4 is 39.4 Å². The van der Waals surface area contributed by atoms with Crippen LogP contribution in [-0.4, -0.2) is 31.3 Å². The zero-order valence-corrected chi connectivity index (χ0v) is 20.8. The van der Waals surface area contributed by atoms with Crippen LogP contribution >= 0.6 is 11.3 Å². The first-order valence-electron chi connectivity index (χ1n) is 11.3. The average Bonchev–Trinajstić information content (AvgIpc) is 3.59. The molecule has 0 aliphatic heterocycles. The van der Waals surface area contributed by atoms with Gasteiger partial charge in [-0.25, -0.2) is 15.1 Å². The van der Waals surface area contributed by atoms with E-state index < -0.39 is 22.7 Å². The lowest BCUT2D eigenvalue weighted by Crippen LogP contribution is -2.20. The van der Waals surface area contributed by atoms with Crippen molar-refractivity contribution < 1.29 is 22.9 Å². The maximum absolute atomic E-state index is 13.9. The number of nitro benzene ring substituents is 1. The molecule has 0 aliphatic carbocycles. The largest absolute Gasteiger partial charge is 0.433 e. The van der Waals surface area contributed by atoms with Gasteiger partial charge in [-0.15, -0.1) is 11.3 Å². The number of fused-ring (bicyclic) bond motifs is 1. The molecule has 196 valence electrons. The maximum atomic E-state index is 13.9. The summed E-state index contributed by atoms with van der Waals surface area (Å²) < 4.78 is 42.4. The topological polar surface area (TPSA) is 115 Å². The molecule has 9 nitrogen and oxygen atoms in total. The first-order valence-corrected chi connectivity index (χ1v) is 12.2. The third-order valence-corrected chi connectivity index (χ3v) is 6.57. The number of nitrogens with one attached hydrogen (secondary N) is 1. The minimum absolute atomic E-state index is 0.103. The van der Waals surface area contributed by atoms with Crippen LogP contribution in [0.25, 0.3) is 27.2 Å². The number of amides is 1. The van der Waals surface area contributed by atoms with E-state index in [1.807, 2.05) is 24.3 Å². The van der Waals surface area contributed by atoms with Crippen LogP contribution < -0.4 is 5.43 Å². The molecule has 2 aromatic heterocycles.